The summed E-state index contributed by atoms with van der Waals surface area (Å²) >= 11 is 3.30. The normalized spacial score (nSPS) is 12.5. The average Bonchev–Trinajstić information content (AvgIpc) is 2.14. The number of hydrogen-bond acceptors (Lipinski definition) is 3. The maximum absolute atomic E-state index is 8.90. The van der Waals surface area contributed by atoms with E-state index in [1.54, 1.807) is 12.4 Å². The largest absolute Gasteiger partial charge is 0.356 e. The summed E-state index contributed by atoms with van der Waals surface area (Å²) < 4.78 is 6.27. The van der Waals surface area contributed by atoms with Crippen LogP contribution in [-0.2, 0) is 4.74 Å². The van der Waals surface area contributed by atoms with Crippen LogP contribution in [0.2, 0.25) is 0 Å². The predicted octanol–water partition coefficient (Wildman–Crippen LogP) is 2.83. The zero-order valence-corrected chi connectivity index (χ0v) is 9.65. The van der Waals surface area contributed by atoms with Crippen LogP contribution in [0.3, 0.4) is 0 Å². The predicted molar refractivity (Wildman–Crippen MR) is 56.5 cm³/mol. The SMILES string of the molecule is CC(C)OC(C#N)c1cncc(Br)c1. The topological polar surface area (TPSA) is 45.9 Å². The van der Waals surface area contributed by atoms with Gasteiger partial charge in [-0.25, -0.2) is 0 Å². The average molecular weight is 255 g/mol. The van der Waals surface area contributed by atoms with Crippen LogP contribution in [0.15, 0.2) is 22.9 Å². The van der Waals surface area contributed by atoms with Crippen LogP contribution in [0.4, 0.5) is 0 Å². The lowest BCUT2D eigenvalue weighted by Gasteiger charge is -2.13. The minimum atomic E-state index is -0.542. The van der Waals surface area contributed by atoms with Gasteiger partial charge >= 0.3 is 0 Å². The van der Waals surface area contributed by atoms with E-state index in [9.17, 15) is 0 Å². The van der Waals surface area contributed by atoms with Crippen molar-refractivity contribution in [2.75, 3.05) is 0 Å². The lowest BCUT2D eigenvalue weighted by Crippen LogP contribution is -2.09. The zero-order valence-electron chi connectivity index (χ0n) is 8.07. The van der Waals surface area contributed by atoms with Crippen LogP contribution in [-0.4, -0.2) is 11.1 Å². The molecular formula is C10H11BrN2O. The number of ether oxygens (including phenoxy) is 1. The van der Waals surface area contributed by atoms with Crippen LogP contribution in [0, 0.1) is 11.3 Å². The number of hydrogen-bond donors (Lipinski definition) is 0. The van der Waals surface area contributed by atoms with Gasteiger partial charge < -0.3 is 4.74 Å². The molecule has 0 spiro atoms. The molecule has 3 nitrogen and oxygen atoms in total. The van der Waals surface area contributed by atoms with E-state index < -0.39 is 6.10 Å². The molecular weight excluding hydrogens is 244 g/mol. The lowest BCUT2D eigenvalue weighted by atomic mass is 10.2. The molecule has 0 fully saturated rings. The van der Waals surface area contributed by atoms with Crippen molar-refractivity contribution in [2.45, 2.75) is 26.1 Å². The number of nitrogens with zero attached hydrogens (tertiary/aromatic N) is 2. The van der Waals surface area contributed by atoms with Gasteiger partial charge in [-0.2, -0.15) is 5.26 Å². The lowest BCUT2D eigenvalue weighted by molar-refractivity contribution is 0.0389. The Kier molecular flexibility index (Phi) is 4.05. The second-order valence-corrected chi connectivity index (χ2v) is 4.05. The van der Waals surface area contributed by atoms with E-state index in [0.717, 1.165) is 10.0 Å². The first-order valence-corrected chi connectivity index (χ1v) is 5.08. The van der Waals surface area contributed by atoms with Crippen molar-refractivity contribution < 1.29 is 4.74 Å². The monoisotopic (exact) mass is 254 g/mol. The molecule has 1 aromatic rings. The van der Waals surface area contributed by atoms with E-state index in [-0.39, 0.29) is 6.10 Å². The highest BCUT2D eigenvalue weighted by atomic mass is 79.9. The molecule has 0 aliphatic rings. The Hall–Kier alpha value is -0.920. The van der Waals surface area contributed by atoms with E-state index in [2.05, 4.69) is 27.0 Å². The Morgan fingerprint density at radius 1 is 1.50 bits per heavy atom. The molecule has 1 rings (SSSR count). The van der Waals surface area contributed by atoms with Crippen molar-refractivity contribution in [2.24, 2.45) is 0 Å². The summed E-state index contributed by atoms with van der Waals surface area (Å²) in [5.74, 6) is 0. The molecule has 4 heteroatoms. The van der Waals surface area contributed by atoms with Crippen LogP contribution >= 0.6 is 15.9 Å². The van der Waals surface area contributed by atoms with Crippen LogP contribution < -0.4 is 0 Å². The first-order chi connectivity index (χ1) is 6.63. The first-order valence-electron chi connectivity index (χ1n) is 4.29. The van der Waals surface area contributed by atoms with Crippen molar-refractivity contribution in [3.05, 3.63) is 28.5 Å². The molecule has 0 amide bonds. The third-order valence-corrected chi connectivity index (χ3v) is 1.99. The van der Waals surface area contributed by atoms with Gasteiger partial charge in [0, 0.05) is 22.4 Å². The van der Waals surface area contributed by atoms with E-state index >= 15 is 0 Å². The smallest absolute Gasteiger partial charge is 0.170 e. The first kappa shape index (κ1) is 11.2. The second-order valence-electron chi connectivity index (χ2n) is 3.13. The van der Waals surface area contributed by atoms with Crippen LogP contribution in [0.5, 0.6) is 0 Å². The number of pyridine rings is 1. The molecule has 14 heavy (non-hydrogen) atoms. The molecule has 0 bridgehead atoms. The highest BCUT2D eigenvalue weighted by molar-refractivity contribution is 9.10. The number of halogens is 1. The fourth-order valence-corrected chi connectivity index (χ4v) is 1.41. The summed E-state index contributed by atoms with van der Waals surface area (Å²) in [7, 11) is 0. The summed E-state index contributed by atoms with van der Waals surface area (Å²) in [6.07, 6.45) is 2.80. The van der Waals surface area contributed by atoms with E-state index in [1.807, 2.05) is 19.9 Å². The Bertz CT molecular complexity index is 346. The Balaban J connectivity index is 2.85. The summed E-state index contributed by atoms with van der Waals surface area (Å²) in [5, 5.41) is 8.90. The van der Waals surface area contributed by atoms with Crippen LogP contribution in [0.25, 0.3) is 0 Å². The van der Waals surface area contributed by atoms with Gasteiger partial charge in [0.2, 0.25) is 0 Å². The van der Waals surface area contributed by atoms with Gasteiger partial charge in [-0.3, -0.25) is 4.98 Å². The van der Waals surface area contributed by atoms with Gasteiger partial charge in [-0.1, -0.05) is 0 Å². The summed E-state index contributed by atoms with van der Waals surface area (Å²) in [6, 6.07) is 3.93. The molecule has 1 unspecified atom stereocenters. The molecule has 1 heterocycles. The second kappa shape index (κ2) is 5.08. The molecule has 1 aromatic heterocycles. The van der Waals surface area contributed by atoms with Crippen molar-refractivity contribution in [3.63, 3.8) is 0 Å². The third-order valence-electron chi connectivity index (χ3n) is 1.55. The Labute approximate surface area is 91.8 Å². The van der Waals surface area contributed by atoms with Crippen molar-refractivity contribution in [3.8, 4) is 6.07 Å². The molecule has 0 N–H and O–H groups in total. The van der Waals surface area contributed by atoms with E-state index in [0.29, 0.717) is 0 Å². The molecule has 0 radical (unpaired) electrons. The van der Waals surface area contributed by atoms with Crippen molar-refractivity contribution >= 4 is 15.9 Å². The number of nitriles is 1. The minimum absolute atomic E-state index is 0.0265. The van der Waals surface area contributed by atoms with Gasteiger partial charge in [-0.15, -0.1) is 0 Å². The van der Waals surface area contributed by atoms with Crippen LogP contribution in [0.1, 0.15) is 25.5 Å². The molecule has 0 saturated carbocycles. The fraction of sp³-hybridized carbons (Fsp3) is 0.400. The van der Waals surface area contributed by atoms with Gasteiger partial charge in [-0.05, 0) is 35.8 Å². The molecule has 0 aliphatic carbocycles. The maximum atomic E-state index is 8.90. The molecule has 74 valence electrons. The zero-order chi connectivity index (χ0) is 10.6. The van der Waals surface area contributed by atoms with Gasteiger partial charge in [0.25, 0.3) is 0 Å². The Morgan fingerprint density at radius 2 is 2.21 bits per heavy atom. The molecule has 0 saturated heterocycles. The number of aromatic nitrogens is 1. The molecule has 0 aliphatic heterocycles. The maximum Gasteiger partial charge on any atom is 0.170 e. The number of rotatable bonds is 3. The summed E-state index contributed by atoms with van der Waals surface area (Å²) in [6.45, 7) is 3.80. The highest BCUT2D eigenvalue weighted by Gasteiger charge is 2.13. The van der Waals surface area contributed by atoms with Crippen molar-refractivity contribution in [1.29, 1.82) is 5.26 Å². The summed E-state index contributed by atoms with van der Waals surface area (Å²) in [5.41, 5.74) is 0.774. The van der Waals surface area contributed by atoms with Gasteiger partial charge in [0.05, 0.1) is 12.2 Å². The van der Waals surface area contributed by atoms with Crippen molar-refractivity contribution in [1.82, 2.24) is 4.98 Å². The van der Waals surface area contributed by atoms with Gasteiger partial charge in [0.15, 0.2) is 6.10 Å². The fourth-order valence-electron chi connectivity index (χ4n) is 1.03. The quantitative estimate of drug-likeness (QED) is 0.834. The third kappa shape index (κ3) is 3.09. The Morgan fingerprint density at radius 3 is 2.71 bits per heavy atom. The highest BCUT2D eigenvalue weighted by Crippen LogP contribution is 2.20. The standard InChI is InChI=1S/C10H11BrN2O/c1-7(2)14-10(4-12)8-3-9(11)6-13-5-8/h3,5-7,10H,1-2H3. The summed E-state index contributed by atoms with van der Waals surface area (Å²) in [4.78, 5) is 3.98. The van der Waals surface area contributed by atoms with E-state index in [4.69, 9.17) is 10.00 Å². The molecule has 1 atom stereocenters. The molecule has 0 aromatic carbocycles. The van der Waals surface area contributed by atoms with E-state index in [1.165, 1.54) is 0 Å². The van der Waals surface area contributed by atoms with Gasteiger partial charge in [0.1, 0.15) is 0 Å². The minimum Gasteiger partial charge on any atom is -0.356 e.